The number of hydrogen-bond donors (Lipinski definition) is 0. The van der Waals surface area contributed by atoms with Gasteiger partial charge in [0.15, 0.2) is 0 Å². The first-order chi connectivity index (χ1) is 16.4. The van der Waals surface area contributed by atoms with Gasteiger partial charge in [-0.1, -0.05) is 30.3 Å². The second kappa shape index (κ2) is 10.4. The fourth-order valence-corrected chi connectivity index (χ4v) is 5.20. The molecule has 0 bridgehead atoms. The Morgan fingerprint density at radius 1 is 1.15 bits per heavy atom. The summed E-state index contributed by atoms with van der Waals surface area (Å²) in [6.45, 7) is 6.41. The number of carbonyl (C=O) groups excluding carboxylic acids is 2. The molecule has 0 radical (unpaired) electrons. The van der Waals surface area contributed by atoms with Gasteiger partial charge in [-0.3, -0.25) is 9.59 Å². The monoisotopic (exact) mass is 480 g/mol. The number of benzene rings is 2. The van der Waals surface area contributed by atoms with Crippen LogP contribution in [-0.2, 0) is 11.2 Å². The first kappa shape index (κ1) is 24.0. The lowest BCUT2D eigenvalue weighted by Crippen LogP contribution is -2.49. The minimum Gasteiger partial charge on any atom is -0.491 e. The molecular formula is C27H29FN2O3S. The maximum atomic E-state index is 14.3. The predicted octanol–water partition coefficient (Wildman–Crippen LogP) is 5.25. The second-order valence-electron chi connectivity index (χ2n) is 8.74. The summed E-state index contributed by atoms with van der Waals surface area (Å²) in [5.74, 6) is -0.456. The zero-order valence-electron chi connectivity index (χ0n) is 19.7. The Morgan fingerprint density at radius 2 is 1.88 bits per heavy atom. The van der Waals surface area contributed by atoms with Crippen LogP contribution in [0.5, 0.6) is 5.75 Å². The van der Waals surface area contributed by atoms with E-state index < -0.39 is 11.7 Å². The Balaban J connectivity index is 1.55. The van der Waals surface area contributed by atoms with Crippen molar-refractivity contribution in [3.8, 4) is 5.75 Å². The maximum Gasteiger partial charge on any atom is 0.257 e. The molecule has 0 saturated heterocycles. The van der Waals surface area contributed by atoms with Crippen LogP contribution in [0.4, 0.5) is 4.39 Å². The fourth-order valence-electron chi connectivity index (χ4n) is 4.28. The van der Waals surface area contributed by atoms with Crippen molar-refractivity contribution in [3.05, 3.63) is 87.4 Å². The average Bonchev–Trinajstić information content (AvgIpc) is 3.30. The average molecular weight is 481 g/mol. The van der Waals surface area contributed by atoms with E-state index in [1.165, 1.54) is 21.9 Å². The van der Waals surface area contributed by atoms with Crippen LogP contribution in [-0.4, -0.2) is 47.4 Å². The molecule has 2 amide bonds. The molecular weight excluding hydrogens is 451 g/mol. The molecule has 1 aliphatic rings. The molecule has 1 aromatic heterocycles. The van der Waals surface area contributed by atoms with Gasteiger partial charge < -0.3 is 14.5 Å². The SMILES string of the molecule is Cc1ccccc1OCC1c2ccsc2CCN1C(=O)CN(C(=O)c1ccccc1F)C(C)C. The van der Waals surface area contributed by atoms with Crippen LogP contribution in [0.2, 0.25) is 0 Å². The molecule has 2 aromatic carbocycles. The summed E-state index contributed by atoms with van der Waals surface area (Å²) < 4.78 is 20.4. The lowest BCUT2D eigenvalue weighted by molar-refractivity contribution is -0.136. The zero-order chi connectivity index (χ0) is 24.2. The van der Waals surface area contributed by atoms with Crippen molar-refractivity contribution in [2.45, 2.75) is 39.3 Å². The van der Waals surface area contributed by atoms with Gasteiger partial charge in [0.05, 0.1) is 11.6 Å². The van der Waals surface area contributed by atoms with Gasteiger partial charge in [0.2, 0.25) is 5.91 Å². The smallest absolute Gasteiger partial charge is 0.257 e. The van der Waals surface area contributed by atoms with Gasteiger partial charge in [-0.15, -0.1) is 11.3 Å². The van der Waals surface area contributed by atoms with Crippen molar-refractivity contribution < 1.29 is 18.7 Å². The van der Waals surface area contributed by atoms with E-state index in [1.807, 2.05) is 50.4 Å². The molecule has 1 aliphatic heterocycles. The van der Waals surface area contributed by atoms with Crippen molar-refractivity contribution in [1.29, 1.82) is 0 Å². The van der Waals surface area contributed by atoms with Crippen LogP contribution in [0, 0.1) is 12.7 Å². The number of carbonyl (C=O) groups is 2. The molecule has 5 nitrogen and oxygen atoms in total. The third-order valence-electron chi connectivity index (χ3n) is 6.20. The first-order valence-electron chi connectivity index (χ1n) is 11.5. The van der Waals surface area contributed by atoms with Crippen LogP contribution in [0.3, 0.4) is 0 Å². The Kier molecular flexibility index (Phi) is 7.32. The summed E-state index contributed by atoms with van der Waals surface area (Å²) >= 11 is 1.69. The summed E-state index contributed by atoms with van der Waals surface area (Å²) in [5.41, 5.74) is 2.10. The van der Waals surface area contributed by atoms with E-state index in [4.69, 9.17) is 4.74 Å². The van der Waals surface area contributed by atoms with Gasteiger partial charge in [-0.2, -0.15) is 0 Å². The minimum atomic E-state index is -0.587. The normalized spacial score (nSPS) is 15.2. The number of thiophene rings is 1. The number of hydrogen-bond acceptors (Lipinski definition) is 4. The number of aryl methyl sites for hydroxylation is 1. The van der Waals surface area contributed by atoms with E-state index in [2.05, 4.69) is 6.07 Å². The van der Waals surface area contributed by atoms with Crippen molar-refractivity contribution in [3.63, 3.8) is 0 Å². The van der Waals surface area contributed by atoms with Crippen molar-refractivity contribution in [1.82, 2.24) is 9.80 Å². The number of amides is 2. The molecule has 0 saturated carbocycles. The van der Waals surface area contributed by atoms with Gasteiger partial charge in [-0.25, -0.2) is 4.39 Å². The molecule has 3 aromatic rings. The van der Waals surface area contributed by atoms with Crippen LogP contribution in [0.15, 0.2) is 60.0 Å². The van der Waals surface area contributed by atoms with E-state index in [1.54, 1.807) is 28.4 Å². The second-order valence-corrected chi connectivity index (χ2v) is 9.74. The largest absolute Gasteiger partial charge is 0.491 e. The highest BCUT2D eigenvalue weighted by atomic mass is 32.1. The molecule has 4 rings (SSSR count). The summed E-state index contributed by atoms with van der Waals surface area (Å²) in [6, 6.07) is 15.2. The fraction of sp³-hybridized carbons (Fsp3) is 0.333. The molecule has 0 N–H and O–H groups in total. The highest BCUT2D eigenvalue weighted by molar-refractivity contribution is 7.10. The van der Waals surface area contributed by atoms with Crippen LogP contribution < -0.4 is 4.74 Å². The number of halogens is 1. The minimum absolute atomic E-state index is 0.0257. The first-order valence-corrected chi connectivity index (χ1v) is 12.3. The van der Waals surface area contributed by atoms with Crippen molar-refractivity contribution in [2.75, 3.05) is 19.7 Å². The molecule has 0 spiro atoms. The van der Waals surface area contributed by atoms with Crippen LogP contribution in [0.25, 0.3) is 0 Å². The van der Waals surface area contributed by atoms with Crippen LogP contribution >= 0.6 is 11.3 Å². The van der Waals surface area contributed by atoms with E-state index >= 15 is 0 Å². The molecule has 2 heterocycles. The van der Waals surface area contributed by atoms with E-state index in [0.717, 1.165) is 23.3 Å². The molecule has 0 aliphatic carbocycles. The standard InChI is InChI=1S/C27H29FN2O3S/c1-18(2)30(27(32)20-9-5-6-10-22(20)28)16-26(31)29-14-12-25-21(13-15-34-25)23(29)17-33-24-11-7-4-8-19(24)3/h4-11,13,15,18,23H,12,14,16-17H2,1-3H3. The Labute approximate surface area is 203 Å². The summed E-state index contributed by atoms with van der Waals surface area (Å²) in [4.78, 5) is 31.1. The third kappa shape index (κ3) is 4.99. The summed E-state index contributed by atoms with van der Waals surface area (Å²) in [6.07, 6.45) is 0.766. The zero-order valence-corrected chi connectivity index (χ0v) is 20.5. The van der Waals surface area contributed by atoms with Gasteiger partial charge in [-0.05, 0) is 68.0 Å². The third-order valence-corrected chi connectivity index (χ3v) is 7.20. The molecule has 1 atom stereocenters. The molecule has 178 valence electrons. The summed E-state index contributed by atoms with van der Waals surface area (Å²) in [5, 5.41) is 2.04. The molecule has 1 unspecified atom stereocenters. The van der Waals surface area contributed by atoms with E-state index in [-0.39, 0.29) is 30.1 Å². The quantitative estimate of drug-likeness (QED) is 0.464. The van der Waals surface area contributed by atoms with Gasteiger partial charge in [0, 0.05) is 17.5 Å². The van der Waals surface area contributed by atoms with Gasteiger partial charge >= 0.3 is 0 Å². The van der Waals surface area contributed by atoms with Crippen LogP contribution in [0.1, 0.15) is 46.3 Å². The Morgan fingerprint density at radius 3 is 2.62 bits per heavy atom. The predicted molar refractivity (Wildman–Crippen MR) is 132 cm³/mol. The van der Waals surface area contributed by atoms with Gasteiger partial charge in [0.25, 0.3) is 5.91 Å². The number of fused-ring (bicyclic) bond motifs is 1. The number of para-hydroxylation sites is 1. The highest BCUT2D eigenvalue weighted by Gasteiger charge is 2.34. The maximum absolute atomic E-state index is 14.3. The Bertz CT molecular complexity index is 1180. The van der Waals surface area contributed by atoms with Crippen molar-refractivity contribution in [2.24, 2.45) is 0 Å². The number of ether oxygens (including phenoxy) is 1. The summed E-state index contributed by atoms with van der Waals surface area (Å²) in [7, 11) is 0. The highest BCUT2D eigenvalue weighted by Crippen LogP contribution is 2.34. The van der Waals surface area contributed by atoms with E-state index in [0.29, 0.717) is 13.2 Å². The molecule has 34 heavy (non-hydrogen) atoms. The lowest BCUT2D eigenvalue weighted by atomic mass is 10.00. The van der Waals surface area contributed by atoms with E-state index in [9.17, 15) is 14.0 Å². The lowest BCUT2D eigenvalue weighted by Gasteiger charge is -2.37. The number of rotatable bonds is 7. The molecule has 0 fully saturated rings. The van der Waals surface area contributed by atoms with Crippen molar-refractivity contribution >= 4 is 23.2 Å². The Hall–Kier alpha value is -3.19. The van der Waals surface area contributed by atoms with Gasteiger partial charge in [0.1, 0.15) is 24.7 Å². The number of nitrogens with zero attached hydrogens (tertiary/aromatic N) is 2. The molecule has 7 heteroatoms. The topological polar surface area (TPSA) is 49.9 Å².